The molecule has 1 unspecified atom stereocenters. The van der Waals surface area contributed by atoms with Crippen molar-refractivity contribution < 1.29 is 14.7 Å². The molecule has 0 aromatic carbocycles. The normalized spacial score (nSPS) is 17.7. The van der Waals surface area contributed by atoms with E-state index in [-0.39, 0.29) is 18.2 Å². The van der Waals surface area contributed by atoms with E-state index in [1.165, 1.54) is 12.8 Å². The highest BCUT2D eigenvalue weighted by Gasteiger charge is 2.26. The number of pyridine rings is 1. The minimum atomic E-state index is -1.01. The molecule has 0 radical (unpaired) electrons. The zero-order chi connectivity index (χ0) is 15.1. The molecule has 1 fully saturated rings. The molecule has 0 bridgehead atoms. The van der Waals surface area contributed by atoms with Gasteiger partial charge in [0.2, 0.25) is 5.91 Å². The van der Waals surface area contributed by atoms with Gasteiger partial charge in [-0.1, -0.05) is 31.7 Å². The Morgan fingerprint density at radius 3 is 2.52 bits per heavy atom. The summed E-state index contributed by atoms with van der Waals surface area (Å²) < 4.78 is 0. The second-order valence-electron chi connectivity index (χ2n) is 5.61. The first kappa shape index (κ1) is 15.5. The van der Waals surface area contributed by atoms with Crippen LogP contribution in [0.5, 0.6) is 0 Å². The highest BCUT2D eigenvalue weighted by molar-refractivity contribution is 5.85. The first-order valence-electron chi connectivity index (χ1n) is 7.60. The van der Waals surface area contributed by atoms with Crippen molar-refractivity contribution >= 4 is 11.9 Å². The van der Waals surface area contributed by atoms with Gasteiger partial charge in [0.25, 0.3) is 0 Å². The number of carbonyl (C=O) groups is 2. The number of hydrogen-bond donors (Lipinski definition) is 2. The van der Waals surface area contributed by atoms with Crippen LogP contribution in [0.15, 0.2) is 24.4 Å². The summed E-state index contributed by atoms with van der Waals surface area (Å²) in [6, 6.07) is 4.46. The fraction of sp³-hybridized carbons (Fsp3) is 0.562. The summed E-state index contributed by atoms with van der Waals surface area (Å²) in [5.74, 6) is -1.18. The molecule has 21 heavy (non-hydrogen) atoms. The Morgan fingerprint density at radius 1 is 1.24 bits per heavy atom. The highest BCUT2D eigenvalue weighted by atomic mass is 16.4. The third-order valence-corrected chi connectivity index (χ3v) is 3.98. The molecule has 1 aromatic rings. The van der Waals surface area contributed by atoms with Crippen LogP contribution in [0.2, 0.25) is 0 Å². The van der Waals surface area contributed by atoms with Crippen LogP contribution < -0.4 is 5.32 Å². The molecule has 1 saturated carbocycles. The molecule has 1 aliphatic carbocycles. The predicted molar refractivity (Wildman–Crippen MR) is 78.7 cm³/mol. The van der Waals surface area contributed by atoms with Gasteiger partial charge in [0.05, 0.1) is 0 Å². The molecular formula is C16H22N2O3. The molecule has 1 atom stereocenters. The van der Waals surface area contributed by atoms with Gasteiger partial charge in [-0.3, -0.25) is 9.78 Å². The van der Waals surface area contributed by atoms with Gasteiger partial charge < -0.3 is 10.4 Å². The quantitative estimate of drug-likeness (QED) is 0.814. The number of carboxylic acids is 1. The number of nitrogens with one attached hydrogen (secondary N) is 1. The molecule has 2 rings (SSSR count). The van der Waals surface area contributed by atoms with Gasteiger partial charge >= 0.3 is 5.97 Å². The van der Waals surface area contributed by atoms with Crippen molar-refractivity contribution in [2.45, 2.75) is 51.0 Å². The summed E-state index contributed by atoms with van der Waals surface area (Å²) in [5.41, 5.74) is 0.672. The molecule has 0 spiro atoms. The Balaban J connectivity index is 1.95. The monoisotopic (exact) mass is 290 g/mol. The van der Waals surface area contributed by atoms with Crippen LogP contribution in [-0.2, 0) is 16.0 Å². The largest absolute Gasteiger partial charge is 0.480 e. The maximum absolute atomic E-state index is 12.3. The van der Waals surface area contributed by atoms with Gasteiger partial charge in [-0.05, 0) is 25.0 Å². The summed E-state index contributed by atoms with van der Waals surface area (Å²) in [5, 5.41) is 12.0. The number of carbonyl (C=O) groups excluding carboxylic acids is 1. The SMILES string of the molecule is O=C(NC(Cc1ccccn1)C(=O)O)C1CCCCCC1. The number of aliphatic carboxylic acids is 1. The van der Waals surface area contributed by atoms with Crippen LogP contribution in [0.3, 0.4) is 0 Å². The lowest BCUT2D eigenvalue weighted by Crippen LogP contribution is -2.45. The molecule has 1 aliphatic rings. The van der Waals surface area contributed by atoms with Gasteiger partial charge in [0.15, 0.2) is 0 Å². The maximum Gasteiger partial charge on any atom is 0.326 e. The number of carboxylic acid groups (broad SMARTS) is 1. The van der Waals surface area contributed by atoms with Crippen molar-refractivity contribution in [2.24, 2.45) is 5.92 Å². The van der Waals surface area contributed by atoms with E-state index >= 15 is 0 Å². The summed E-state index contributed by atoms with van der Waals surface area (Å²) in [6.07, 6.45) is 8.01. The van der Waals surface area contributed by atoms with Crippen molar-refractivity contribution in [3.05, 3.63) is 30.1 Å². The van der Waals surface area contributed by atoms with Gasteiger partial charge in [-0.15, -0.1) is 0 Å². The van der Waals surface area contributed by atoms with Gasteiger partial charge in [0, 0.05) is 24.2 Å². The lowest BCUT2D eigenvalue weighted by Gasteiger charge is -2.19. The summed E-state index contributed by atoms with van der Waals surface area (Å²) in [6.45, 7) is 0. The molecule has 5 heteroatoms. The highest BCUT2D eigenvalue weighted by Crippen LogP contribution is 2.23. The average Bonchev–Trinajstić information content (AvgIpc) is 2.76. The van der Waals surface area contributed by atoms with E-state index in [2.05, 4.69) is 10.3 Å². The standard InChI is InChI=1S/C16H22N2O3/c19-15(12-7-3-1-2-4-8-12)18-14(16(20)21)11-13-9-5-6-10-17-13/h5-6,9-10,12,14H,1-4,7-8,11H2,(H,18,19)(H,20,21). The molecule has 5 nitrogen and oxygen atoms in total. The summed E-state index contributed by atoms with van der Waals surface area (Å²) in [7, 11) is 0. The van der Waals surface area contributed by atoms with E-state index in [1.54, 1.807) is 18.3 Å². The van der Waals surface area contributed by atoms with E-state index in [0.29, 0.717) is 5.69 Å². The number of nitrogens with zero attached hydrogens (tertiary/aromatic N) is 1. The first-order chi connectivity index (χ1) is 10.2. The van der Waals surface area contributed by atoms with Crippen LogP contribution >= 0.6 is 0 Å². The topological polar surface area (TPSA) is 79.3 Å². The fourth-order valence-corrected chi connectivity index (χ4v) is 2.76. The summed E-state index contributed by atoms with van der Waals surface area (Å²) in [4.78, 5) is 27.7. The number of amides is 1. The molecular weight excluding hydrogens is 268 g/mol. The van der Waals surface area contributed by atoms with Crippen LogP contribution in [-0.4, -0.2) is 28.0 Å². The Hall–Kier alpha value is -1.91. The zero-order valence-electron chi connectivity index (χ0n) is 12.1. The summed E-state index contributed by atoms with van der Waals surface area (Å²) >= 11 is 0. The van der Waals surface area contributed by atoms with E-state index in [9.17, 15) is 14.7 Å². The molecule has 1 heterocycles. The van der Waals surface area contributed by atoms with Gasteiger partial charge in [0.1, 0.15) is 6.04 Å². The molecule has 114 valence electrons. The van der Waals surface area contributed by atoms with Gasteiger partial charge in [-0.25, -0.2) is 4.79 Å². The van der Waals surface area contributed by atoms with Gasteiger partial charge in [-0.2, -0.15) is 0 Å². The van der Waals surface area contributed by atoms with Crippen molar-refractivity contribution in [3.8, 4) is 0 Å². The predicted octanol–water partition coefficient (Wildman–Crippen LogP) is 2.16. The molecule has 0 aliphatic heterocycles. The van der Waals surface area contributed by atoms with E-state index in [4.69, 9.17) is 0 Å². The molecule has 1 amide bonds. The minimum absolute atomic E-state index is 0.0434. The van der Waals surface area contributed by atoms with Crippen molar-refractivity contribution in [2.75, 3.05) is 0 Å². The van der Waals surface area contributed by atoms with Crippen molar-refractivity contribution in [3.63, 3.8) is 0 Å². The smallest absolute Gasteiger partial charge is 0.326 e. The third kappa shape index (κ3) is 4.85. The zero-order valence-corrected chi connectivity index (χ0v) is 12.1. The number of hydrogen-bond acceptors (Lipinski definition) is 3. The van der Waals surface area contributed by atoms with Crippen LogP contribution in [0.25, 0.3) is 0 Å². The Labute approximate surface area is 124 Å². The average molecular weight is 290 g/mol. The van der Waals surface area contributed by atoms with Crippen LogP contribution in [0, 0.1) is 5.92 Å². The molecule has 2 N–H and O–H groups in total. The Kier molecular flexibility index (Phi) is 5.72. The van der Waals surface area contributed by atoms with Crippen molar-refractivity contribution in [1.82, 2.24) is 10.3 Å². The minimum Gasteiger partial charge on any atom is -0.480 e. The van der Waals surface area contributed by atoms with Crippen molar-refractivity contribution in [1.29, 1.82) is 0 Å². The Morgan fingerprint density at radius 2 is 1.95 bits per heavy atom. The maximum atomic E-state index is 12.3. The van der Waals surface area contributed by atoms with Crippen LogP contribution in [0.1, 0.15) is 44.2 Å². The number of rotatable bonds is 5. The lowest BCUT2D eigenvalue weighted by atomic mass is 9.98. The number of aromatic nitrogens is 1. The van der Waals surface area contributed by atoms with Crippen LogP contribution in [0.4, 0.5) is 0 Å². The lowest BCUT2D eigenvalue weighted by molar-refractivity contribution is -0.142. The van der Waals surface area contributed by atoms with E-state index < -0.39 is 12.0 Å². The molecule has 0 saturated heterocycles. The Bertz CT molecular complexity index is 468. The fourth-order valence-electron chi connectivity index (χ4n) is 2.76. The third-order valence-electron chi connectivity index (χ3n) is 3.98. The molecule has 1 aromatic heterocycles. The second-order valence-corrected chi connectivity index (χ2v) is 5.61. The second kappa shape index (κ2) is 7.76. The van der Waals surface area contributed by atoms with E-state index in [1.807, 2.05) is 6.07 Å². The van der Waals surface area contributed by atoms with E-state index in [0.717, 1.165) is 25.7 Å². The first-order valence-corrected chi connectivity index (χ1v) is 7.60.